The van der Waals surface area contributed by atoms with Crippen LogP contribution in [0.25, 0.3) is 11.4 Å². The van der Waals surface area contributed by atoms with E-state index < -0.39 is 0 Å². The highest BCUT2D eigenvalue weighted by Gasteiger charge is 2.15. The van der Waals surface area contributed by atoms with Crippen LogP contribution in [-0.4, -0.2) is 15.9 Å². The SMILES string of the molecule is O=C(Nc1cccc(Cl)c1Cl)c1ccccc1-c1ncccn1. The van der Waals surface area contributed by atoms with Gasteiger partial charge in [0.05, 0.1) is 21.3 Å². The molecule has 0 spiro atoms. The lowest BCUT2D eigenvalue weighted by Gasteiger charge is -2.11. The fraction of sp³-hybridized carbons (Fsp3) is 0. The summed E-state index contributed by atoms with van der Waals surface area (Å²) in [5.74, 6) is 0.174. The summed E-state index contributed by atoms with van der Waals surface area (Å²) < 4.78 is 0. The Morgan fingerprint density at radius 1 is 0.913 bits per heavy atom. The molecule has 2 aromatic carbocycles. The molecular weight excluding hydrogens is 333 g/mol. The molecule has 0 saturated heterocycles. The lowest BCUT2D eigenvalue weighted by atomic mass is 10.1. The second kappa shape index (κ2) is 6.77. The fourth-order valence-corrected chi connectivity index (χ4v) is 2.45. The van der Waals surface area contributed by atoms with Gasteiger partial charge in [0, 0.05) is 18.0 Å². The van der Waals surface area contributed by atoms with Crippen LogP contribution in [-0.2, 0) is 0 Å². The Labute approximate surface area is 143 Å². The number of hydrogen-bond acceptors (Lipinski definition) is 3. The quantitative estimate of drug-likeness (QED) is 0.749. The summed E-state index contributed by atoms with van der Waals surface area (Å²) in [4.78, 5) is 21.0. The lowest BCUT2D eigenvalue weighted by molar-refractivity contribution is 0.102. The number of carbonyl (C=O) groups is 1. The Balaban J connectivity index is 1.96. The maximum absolute atomic E-state index is 12.6. The van der Waals surface area contributed by atoms with Crippen LogP contribution in [0.15, 0.2) is 60.9 Å². The topological polar surface area (TPSA) is 54.9 Å². The largest absolute Gasteiger partial charge is 0.321 e. The molecule has 23 heavy (non-hydrogen) atoms. The van der Waals surface area contributed by atoms with Gasteiger partial charge in [-0.15, -0.1) is 0 Å². The number of halogens is 2. The third kappa shape index (κ3) is 3.33. The van der Waals surface area contributed by atoms with Crippen molar-refractivity contribution in [1.29, 1.82) is 0 Å². The molecule has 0 unspecified atom stereocenters. The third-order valence-corrected chi connectivity index (χ3v) is 4.00. The van der Waals surface area contributed by atoms with Crippen molar-refractivity contribution in [2.45, 2.75) is 0 Å². The van der Waals surface area contributed by atoms with E-state index in [1.165, 1.54) is 0 Å². The van der Waals surface area contributed by atoms with Crippen molar-refractivity contribution < 1.29 is 4.79 Å². The van der Waals surface area contributed by atoms with Crippen molar-refractivity contribution in [1.82, 2.24) is 9.97 Å². The molecule has 0 aliphatic carbocycles. The zero-order chi connectivity index (χ0) is 16.2. The van der Waals surface area contributed by atoms with E-state index in [-0.39, 0.29) is 5.91 Å². The predicted molar refractivity (Wildman–Crippen MR) is 91.9 cm³/mol. The summed E-state index contributed by atoms with van der Waals surface area (Å²) in [7, 11) is 0. The number of amides is 1. The van der Waals surface area contributed by atoms with Crippen LogP contribution in [0.4, 0.5) is 5.69 Å². The van der Waals surface area contributed by atoms with Crippen LogP contribution in [0.1, 0.15) is 10.4 Å². The van der Waals surface area contributed by atoms with Crippen molar-refractivity contribution in [2.75, 3.05) is 5.32 Å². The van der Waals surface area contributed by atoms with Crippen LogP contribution < -0.4 is 5.32 Å². The first kappa shape index (κ1) is 15.5. The Bertz CT molecular complexity index is 853. The Morgan fingerprint density at radius 2 is 1.65 bits per heavy atom. The standard InChI is InChI=1S/C17H11Cl2N3O/c18-13-7-3-8-14(15(13)19)22-17(23)12-6-2-1-5-11(12)16-20-9-4-10-21-16/h1-10H,(H,22,23). The number of nitrogens with one attached hydrogen (secondary N) is 1. The second-order valence-electron chi connectivity index (χ2n) is 4.67. The van der Waals surface area contributed by atoms with Crippen LogP contribution in [0.2, 0.25) is 10.0 Å². The highest BCUT2D eigenvalue weighted by Crippen LogP contribution is 2.30. The van der Waals surface area contributed by atoms with Gasteiger partial charge < -0.3 is 5.32 Å². The number of nitrogens with zero attached hydrogens (tertiary/aromatic N) is 2. The minimum atomic E-state index is -0.308. The van der Waals surface area contributed by atoms with Gasteiger partial charge in [-0.2, -0.15) is 0 Å². The van der Waals surface area contributed by atoms with Crippen LogP contribution >= 0.6 is 23.2 Å². The summed E-state index contributed by atoms with van der Waals surface area (Å²) in [5.41, 5.74) is 1.55. The monoisotopic (exact) mass is 343 g/mol. The van der Waals surface area contributed by atoms with E-state index in [1.54, 1.807) is 54.9 Å². The molecule has 4 nitrogen and oxygen atoms in total. The van der Waals surface area contributed by atoms with Crippen LogP contribution in [0.3, 0.4) is 0 Å². The van der Waals surface area contributed by atoms with E-state index in [4.69, 9.17) is 23.2 Å². The van der Waals surface area contributed by atoms with Crippen molar-refractivity contribution in [3.05, 3.63) is 76.5 Å². The van der Waals surface area contributed by atoms with Gasteiger partial charge in [0.25, 0.3) is 5.91 Å². The van der Waals surface area contributed by atoms with Gasteiger partial charge in [-0.1, -0.05) is 47.5 Å². The zero-order valence-corrected chi connectivity index (χ0v) is 13.3. The molecular formula is C17H11Cl2N3O. The van der Waals surface area contributed by atoms with Gasteiger partial charge in [-0.05, 0) is 24.3 Å². The highest BCUT2D eigenvalue weighted by atomic mass is 35.5. The minimum absolute atomic E-state index is 0.302. The summed E-state index contributed by atoms with van der Waals surface area (Å²) in [5, 5.41) is 3.45. The summed E-state index contributed by atoms with van der Waals surface area (Å²) in [6, 6.07) is 13.9. The summed E-state index contributed by atoms with van der Waals surface area (Å²) in [6.07, 6.45) is 3.26. The van der Waals surface area contributed by atoms with E-state index in [9.17, 15) is 4.79 Å². The van der Waals surface area contributed by atoms with Crippen molar-refractivity contribution in [3.8, 4) is 11.4 Å². The molecule has 1 amide bonds. The average Bonchev–Trinajstić information content (AvgIpc) is 2.60. The number of anilines is 1. The van der Waals surface area contributed by atoms with Crippen molar-refractivity contribution in [3.63, 3.8) is 0 Å². The third-order valence-electron chi connectivity index (χ3n) is 3.18. The zero-order valence-electron chi connectivity index (χ0n) is 11.8. The minimum Gasteiger partial charge on any atom is -0.321 e. The normalized spacial score (nSPS) is 10.3. The lowest BCUT2D eigenvalue weighted by Crippen LogP contribution is -2.14. The Kier molecular flexibility index (Phi) is 4.55. The van der Waals surface area contributed by atoms with Gasteiger partial charge in [0.2, 0.25) is 0 Å². The molecule has 6 heteroatoms. The number of rotatable bonds is 3. The molecule has 1 N–H and O–H groups in total. The molecule has 114 valence electrons. The molecule has 0 aliphatic rings. The molecule has 3 rings (SSSR count). The number of hydrogen-bond donors (Lipinski definition) is 1. The molecule has 0 saturated carbocycles. The molecule has 1 heterocycles. The smallest absolute Gasteiger partial charge is 0.256 e. The molecule has 0 aliphatic heterocycles. The first-order valence-electron chi connectivity index (χ1n) is 6.78. The fourth-order valence-electron chi connectivity index (χ4n) is 2.10. The maximum atomic E-state index is 12.6. The number of aromatic nitrogens is 2. The van der Waals surface area contributed by atoms with E-state index in [0.717, 1.165) is 0 Å². The van der Waals surface area contributed by atoms with Crippen molar-refractivity contribution in [2.24, 2.45) is 0 Å². The van der Waals surface area contributed by atoms with E-state index in [1.807, 2.05) is 6.07 Å². The van der Waals surface area contributed by atoms with Crippen LogP contribution in [0, 0.1) is 0 Å². The molecule has 0 atom stereocenters. The van der Waals surface area contributed by atoms with Crippen LogP contribution in [0.5, 0.6) is 0 Å². The van der Waals surface area contributed by atoms with E-state index in [0.29, 0.717) is 32.7 Å². The second-order valence-corrected chi connectivity index (χ2v) is 5.46. The van der Waals surface area contributed by atoms with E-state index >= 15 is 0 Å². The predicted octanol–water partition coefficient (Wildman–Crippen LogP) is 4.70. The highest BCUT2D eigenvalue weighted by molar-refractivity contribution is 6.44. The molecule has 3 aromatic rings. The van der Waals surface area contributed by atoms with Gasteiger partial charge in [0.15, 0.2) is 5.82 Å². The average molecular weight is 344 g/mol. The van der Waals surface area contributed by atoms with Gasteiger partial charge in [0.1, 0.15) is 0 Å². The first-order valence-corrected chi connectivity index (χ1v) is 7.54. The summed E-state index contributed by atoms with van der Waals surface area (Å²) in [6.45, 7) is 0. The maximum Gasteiger partial charge on any atom is 0.256 e. The molecule has 0 radical (unpaired) electrons. The van der Waals surface area contributed by atoms with Crippen molar-refractivity contribution >= 4 is 34.8 Å². The summed E-state index contributed by atoms with van der Waals surface area (Å²) >= 11 is 12.1. The number of carbonyl (C=O) groups excluding carboxylic acids is 1. The van der Waals surface area contributed by atoms with E-state index in [2.05, 4.69) is 15.3 Å². The molecule has 0 fully saturated rings. The Morgan fingerprint density at radius 3 is 2.43 bits per heavy atom. The van der Waals surface area contributed by atoms with Gasteiger partial charge >= 0.3 is 0 Å². The number of benzene rings is 2. The molecule has 1 aromatic heterocycles. The first-order chi connectivity index (χ1) is 11.2. The Hall–Kier alpha value is -2.43. The van der Waals surface area contributed by atoms with Gasteiger partial charge in [-0.3, -0.25) is 4.79 Å². The van der Waals surface area contributed by atoms with Gasteiger partial charge in [-0.25, -0.2) is 9.97 Å². The molecule has 0 bridgehead atoms.